The minimum atomic E-state index is -0.525. The lowest BCUT2D eigenvalue weighted by atomic mass is 10.1. The molecule has 8 nitrogen and oxygen atoms in total. The van der Waals surface area contributed by atoms with Gasteiger partial charge in [-0.15, -0.1) is 0 Å². The number of ether oxygens (including phenoxy) is 2. The maximum Gasteiger partial charge on any atom is 0.294 e. The van der Waals surface area contributed by atoms with E-state index in [4.69, 9.17) is 32.7 Å². The number of para-hydroxylation sites is 1. The fourth-order valence-corrected chi connectivity index (χ4v) is 5.75. The van der Waals surface area contributed by atoms with Gasteiger partial charge in [-0.3, -0.25) is 19.3 Å². The van der Waals surface area contributed by atoms with Crippen molar-refractivity contribution in [2.45, 2.75) is 6.54 Å². The normalized spacial score (nSPS) is 15.5. The SMILES string of the molecule is O=C(CN1C(=O)S/C(=C/c2cn(Cc3ccc(Cl)cc3Cl)c3ccccc23)C1=O)Nc1ccc2c(c1)OCO2. The molecule has 3 heterocycles. The highest BCUT2D eigenvalue weighted by atomic mass is 35.5. The van der Waals surface area contributed by atoms with E-state index >= 15 is 0 Å². The van der Waals surface area contributed by atoms with Crippen molar-refractivity contribution >= 4 is 74.7 Å². The number of fused-ring (bicyclic) bond motifs is 2. The van der Waals surface area contributed by atoms with Gasteiger partial charge in [0.1, 0.15) is 6.54 Å². The van der Waals surface area contributed by atoms with E-state index in [1.165, 1.54) is 0 Å². The lowest BCUT2D eigenvalue weighted by Gasteiger charge is -2.12. The van der Waals surface area contributed by atoms with Gasteiger partial charge in [-0.2, -0.15) is 0 Å². The Kier molecular flexibility index (Phi) is 6.72. The number of hydrogen-bond donors (Lipinski definition) is 1. The Morgan fingerprint density at radius 3 is 2.69 bits per heavy atom. The Balaban J connectivity index is 1.21. The minimum Gasteiger partial charge on any atom is -0.454 e. The fourth-order valence-electron chi connectivity index (χ4n) is 4.45. The fraction of sp³-hybridized carbons (Fsp3) is 0.107. The Bertz CT molecular complexity index is 1700. The van der Waals surface area contributed by atoms with E-state index < -0.39 is 23.6 Å². The molecule has 0 atom stereocenters. The predicted molar refractivity (Wildman–Crippen MR) is 151 cm³/mol. The molecule has 3 aromatic carbocycles. The summed E-state index contributed by atoms with van der Waals surface area (Å²) in [7, 11) is 0. The van der Waals surface area contributed by atoms with Gasteiger partial charge < -0.3 is 19.4 Å². The molecule has 6 rings (SSSR count). The van der Waals surface area contributed by atoms with Crippen LogP contribution in [-0.2, 0) is 16.1 Å². The number of nitrogens with zero attached hydrogens (tertiary/aromatic N) is 2. The number of aromatic nitrogens is 1. The van der Waals surface area contributed by atoms with Crippen LogP contribution in [0.3, 0.4) is 0 Å². The van der Waals surface area contributed by atoms with E-state index in [0.717, 1.165) is 38.7 Å². The van der Waals surface area contributed by atoms with Crippen LogP contribution in [0.1, 0.15) is 11.1 Å². The number of carbonyl (C=O) groups is 3. The van der Waals surface area contributed by atoms with Crippen molar-refractivity contribution < 1.29 is 23.9 Å². The maximum atomic E-state index is 13.1. The van der Waals surface area contributed by atoms with E-state index in [1.807, 2.05) is 41.1 Å². The molecule has 1 aromatic heterocycles. The molecule has 0 bridgehead atoms. The molecule has 3 amide bonds. The molecule has 2 aliphatic rings. The summed E-state index contributed by atoms with van der Waals surface area (Å²) >= 11 is 13.2. The lowest BCUT2D eigenvalue weighted by Crippen LogP contribution is -2.36. The van der Waals surface area contributed by atoms with Gasteiger partial charge in [0.2, 0.25) is 12.7 Å². The molecule has 1 saturated heterocycles. The van der Waals surface area contributed by atoms with Crippen LogP contribution in [0.2, 0.25) is 10.0 Å². The number of carbonyl (C=O) groups excluding carboxylic acids is 3. The molecule has 1 N–H and O–H groups in total. The Hall–Kier alpha value is -3.92. The topological polar surface area (TPSA) is 89.9 Å². The quantitative estimate of drug-likeness (QED) is 0.266. The zero-order valence-corrected chi connectivity index (χ0v) is 22.5. The first kappa shape index (κ1) is 25.4. The number of anilines is 1. The van der Waals surface area contributed by atoms with Crippen LogP contribution in [0, 0.1) is 0 Å². The van der Waals surface area contributed by atoms with Crippen LogP contribution >= 0.6 is 35.0 Å². The molecule has 0 radical (unpaired) electrons. The van der Waals surface area contributed by atoms with E-state index in [-0.39, 0.29) is 11.7 Å². The molecule has 11 heteroatoms. The summed E-state index contributed by atoms with van der Waals surface area (Å²) in [6, 6.07) is 18.1. The van der Waals surface area contributed by atoms with E-state index in [2.05, 4.69) is 5.32 Å². The molecule has 2 aliphatic heterocycles. The maximum absolute atomic E-state index is 13.1. The first-order valence-electron chi connectivity index (χ1n) is 11.8. The van der Waals surface area contributed by atoms with Gasteiger partial charge in [-0.05, 0) is 53.7 Å². The van der Waals surface area contributed by atoms with E-state index in [9.17, 15) is 14.4 Å². The molecular weight excluding hydrogens is 561 g/mol. The highest BCUT2D eigenvalue weighted by Gasteiger charge is 2.36. The average Bonchev–Trinajstić information content (AvgIpc) is 3.59. The van der Waals surface area contributed by atoms with Crippen molar-refractivity contribution in [3.63, 3.8) is 0 Å². The summed E-state index contributed by atoms with van der Waals surface area (Å²) in [5, 5.41) is 4.21. The highest BCUT2D eigenvalue weighted by Crippen LogP contribution is 2.36. The standard InChI is InChI=1S/C28H19Cl2N3O5S/c29-18-6-5-16(21(30)10-18)12-32-13-17(20-3-1-2-4-22(20)32)9-25-27(35)33(28(36)39-25)14-26(34)31-19-7-8-23-24(11-19)38-15-37-23/h1-11,13H,12,14-15H2,(H,31,34)/b25-9+. The van der Waals surface area contributed by atoms with Gasteiger partial charge in [0.25, 0.3) is 11.1 Å². The van der Waals surface area contributed by atoms with Crippen LogP contribution in [0.5, 0.6) is 11.5 Å². The molecular formula is C28H19Cl2N3O5S. The van der Waals surface area contributed by atoms with Crippen molar-refractivity contribution in [2.24, 2.45) is 0 Å². The van der Waals surface area contributed by atoms with Crippen molar-refractivity contribution in [1.82, 2.24) is 9.47 Å². The Morgan fingerprint density at radius 1 is 1.03 bits per heavy atom. The van der Waals surface area contributed by atoms with Gasteiger partial charge in [-0.25, -0.2) is 0 Å². The van der Waals surface area contributed by atoms with Crippen molar-refractivity contribution in [3.8, 4) is 11.5 Å². The second-order valence-electron chi connectivity index (χ2n) is 8.85. The zero-order chi connectivity index (χ0) is 27.1. The number of hydrogen-bond acceptors (Lipinski definition) is 6. The van der Waals surface area contributed by atoms with E-state index in [1.54, 1.807) is 36.4 Å². The number of halogens is 2. The first-order chi connectivity index (χ1) is 18.9. The van der Waals surface area contributed by atoms with E-state index in [0.29, 0.717) is 33.8 Å². The van der Waals surface area contributed by atoms with Crippen molar-refractivity contribution in [1.29, 1.82) is 0 Å². The predicted octanol–water partition coefficient (Wildman–Crippen LogP) is 6.40. The smallest absolute Gasteiger partial charge is 0.294 e. The van der Waals surface area contributed by atoms with Crippen LogP contribution in [0.15, 0.2) is 71.8 Å². The van der Waals surface area contributed by atoms with Gasteiger partial charge in [0.05, 0.1) is 4.91 Å². The molecule has 196 valence electrons. The second kappa shape index (κ2) is 10.3. The van der Waals surface area contributed by atoms with Crippen LogP contribution in [0.25, 0.3) is 17.0 Å². The zero-order valence-electron chi connectivity index (χ0n) is 20.1. The van der Waals surface area contributed by atoms with Crippen LogP contribution < -0.4 is 14.8 Å². The highest BCUT2D eigenvalue weighted by molar-refractivity contribution is 8.18. The summed E-state index contributed by atoms with van der Waals surface area (Å²) in [5.41, 5.74) is 3.07. The van der Waals surface area contributed by atoms with Gasteiger partial charge in [-0.1, -0.05) is 47.5 Å². The molecule has 1 fully saturated rings. The molecule has 0 spiro atoms. The number of imide groups is 1. The van der Waals surface area contributed by atoms with Gasteiger partial charge in [0.15, 0.2) is 11.5 Å². The second-order valence-corrected chi connectivity index (χ2v) is 10.7. The molecule has 4 aromatic rings. The summed E-state index contributed by atoms with van der Waals surface area (Å²) < 4.78 is 12.6. The van der Waals surface area contributed by atoms with Crippen LogP contribution in [-0.4, -0.2) is 39.9 Å². The van der Waals surface area contributed by atoms with Crippen molar-refractivity contribution in [2.75, 3.05) is 18.7 Å². The lowest BCUT2D eigenvalue weighted by molar-refractivity contribution is -0.127. The van der Waals surface area contributed by atoms with Gasteiger partial charge >= 0.3 is 0 Å². The summed E-state index contributed by atoms with van der Waals surface area (Å²) in [4.78, 5) is 39.6. The minimum absolute atomic E-state index is 0.114. The third-order valence-electron chi connectivity index (χ3n) is 6.29. The summed E-state index contributed by atoms with van der Waals surface area (Å²) in [6.07, 6.45) is 3.60. The Labute approximate surface area is 237 Å². The summed E-state index contributed by atoms with van der Waals surface area (Å²) in [6.45, 7) is 0.197. The number of rotatable bonds is 6. The number of benzene rings is 3. The third kappa shape index (κ3) is 5.08. The monoisotopic (exact) mass is 579 g/mol. The number of thioether (sulfide) groups is 1. The molecule has 39 heavy (non-hydrogen) atoms. The largest absolute Gasteiger partial charge is 0.454 e. The third-order valence-corrected chi connectivity index (χ3v) is 7.79. The van der Waals surface area contributed by atoms with Gasteiger partial charge in [0, 0.05) is 51.0 Å². The molecule has 0 saturated carbocycles. The number of amides is 3. The molecule has 0 aliphatic carbocycles. The summed E-state index contributed by atoms with van der Waals surface area (Å²) in [5.74, 6) is 0.0679. The first-order valence-corrected chi connectivity index (χ1v) is 13.4. The number of nitrogens with one attached hydrogen (secondary N) is 1. The molecule has 0 unspecified atom stereocenters. The van der Waals surface area contributed by atoms with Crippen molar-refractivity contribution in [3.05, 3.63) is 92.9 Å². The average molecular weight is 580 g/mol. The van der Waals surface area contributed by atoms with Crippen LogP contribution in [0.4, 0.5) is 10.5 Å². The Morgan fingerprint density at radius 2 is 1.85 bits per heavy atom.